The van der Waals surface area contributed by atoms with E-state index in [2.05, 4.69) is 0 Å². The fourth-order valence-corrected chi connectivity index (χ4v) is 2.30. The third-order valence-corrected chi connectivity index (χ3v) is 3.19. The van der Waals surface area contributed by atoms with Crippen LogP contribution in [0.4, 0.5) is 4.39 Å². The summed E-state index contributed by atoms with van der Waals surface area (Å²) in [5.41, 5.74) is 1.97. The third-order valence-electron chi connectivity index (χ3n) is 2.98. The number of ketones is 1. The third kappa shape index (κ3) is 2.99. The Kier molecular flexibility index (Phi) is 4.09. The average molecular weight is 293 g/mol. The summed E-state index contributed by atoms with van der Waals surface area (Å²) in [6, 6.07) is 7.69. The molecule has 0 aromatic heterocycles. The minimum atomic E-state index is -0.563. The molecule has 2 aromatic carbocycles. The molecule has 0 aliphatic heterocycles. The van der Waals surface area contributed by atoms with Gasteiger partial charge < -0.3 is 4.74 Å². The molecule has 0 bridgehead atoms. The second-order valence-electron chi connectivity index (χ2n) is 4.67. The van der Waals surface area contributed by atoms with Crippen LogP contribution in [0, 0.1) is 19.7 Å². The van der Waals surface area contributed by atoms with Crippen LogP contribution in [0.25, 0.3) is 0 Å². The van der Waals surface area contributed by atoms with Crippen molar-refractivity contribution in [2.24, 2.45) is 0 Å². The molecule has 0 unspecified atom stereocenters. The molecule has 0 N–H and O–H groups in total. The van der Waals surface area contributed by atoms with Gasteiger partial charge in [-0.15, -0.1) is 0 Å². The number of carbonyl (C=O) groups is 1. The van der Waals surface area contributed by atoms with Crippen LogP contribution in [0.1, 0.15) is 28.4 Å². The van der Waals surface area contributed by atoms with Crippen LogP contribution in [-0.2, 0) is 0 Å². The summed E-state index contributed by atoms with van der Waals surface area (Å²) < 4.78 is 19.6. The summed E-state index contributed by atoms with van der Waals surface area (Å²) in [6.45, 7) is 5.08. The number of hydrogen-bond donors (Lipinski definition) is 0. The van der Waals surface area contributed by atoms with E-state index in [-0.39, 0.29) is 11.5 Å². The Hall–Kier alpha value is -1.87. The van der Waals surface area contributed by atoms with Gasteiger partial charge in [0.1, 0.15) is 5.75 Å². The maximum Gasteiger partial charge on any atom is 0.166 e. The molecule has 0 heterocycles. The molecule has 0 aliphatic carbocycles. The van der Waals surface area contributed by atoms with Gasteiger partial charge in [0.05, 0.1) is 0 Å². The first-order valence-electron chi connectivity index (χ1n) is 6.13. The van der Waals surface area contributed by atoms with Gasteiger partial charge in [-0.2, -0.15) is 0 Å². The van der Waals surface area contributed by atoms with Crippen molar-refractivity contribution in [1.29, 1.82) is 0 Å². The Morgan fingerprint density at radius 1 is 1.15 bits per heavy atom. The first-order chi connectivity index (χ1) is 9.38. The minimum Gasteiger partial charge on any atom is -0.454 e. The first-order valence-corrected chi connectivity index (χ1v) is 6.51. The van der Waals surface area contributed by atoms with Crippen LogP contribution in [-0.4, -0.2) is 5.78 Å². The van der Waals surface area contributed by atoms with E-state index in [0.29, 0.717) is 16.3 Å². The Bertz CT molecular complexity index is 657. The summed E-state index contributed by atoms with van der Waals surface area (Å²) in [4.78, 5) is 11.2. The number of benzene rings is 2. The lowest BCUT2D eigenvalue weighted by Gasteiger charge is -2.13. The first kappa shape index (κ1) is 14.5. The maximum absolute atomic E-state index is 13.9. The monoisotopic (exact) mass is 292 g/mol. The highest BCUT2D eigenvalue weighted by Gasteiger charge is 2.12. The molecule has 4 heteroatoms. The molecule has 0 saturated heterocycles. The molecule has 2 aromatic rings. The lowest BCUT2D eigenvalue weighted by molar-refractivity contribution is 0.101. The van der Waals surface area contributed by atoms with Crippen molar-refractivity contribution in [3.63, 3.8) is 0 Å². The molecular formula is C16H14ClFO2. The van der Waals surface area contributed by atoms with E-state index in [1.54, 1.807) is 18.2 Å². The summed E-state index contributed by atoms with van der Waals surface area (Å²) in [5.74, 6) is -0.0897. The van der Waals surface area contributed by atoms with Crippen molar-refractivity contribution in [2.75, 3.05) is 0 Å². The van der Waals surface area contributed by atoms with Gasteiger partial charge in [0.15, 0.2) is 17.3 Å². The lowest BCUT2D eigenvalue weighted by Crippen LogP contribution is -1.97. The van der Waals surface area contributed by atoms with Gasteiger partial charge in [-0.25, -0.2) is 4.39 Å². The standard InChI is InChI=1S/C16H14ClFO2/c1-9-6-13(17)7-10(2)16(9)20-15-5-4-12(11(3)19)8-14(15)18/h4-8H,1-3H3. The highest BCUT2D eigenvalue weighted by atomic mass is 35.5. The van der Waals surface area contributed by atoms with Crippen LogP contribution in [0.15, 0.2) is 30.3 Å². The van der Waals surface area contributed by atoms with Crippen molar-refractivity contribution < 1.29 is 13.9 Å². The Balaban J connectivity index is 2.38. The van der Waals surface area contributed by atoms with Gasteiger partial charge in [-0.1, -0.05) is 11.6 Å². The molecular weight excluding hydrogens is 279 g/mol. The number of carbonyl (C=O) groups excluding carboxylic acids is 1. The number of halogens is 2. The van der Waals surface area contributed by atoms with Crippen molar-refractivity contribution in [2.45, 2.75) is 20.8 Å². The normalized spacial score (nSPS) is 10.4. The SMILES string of the molecule is CC(=O)c1ccc(Oc2c(C)cc(Cl)cc2C)c(F)c1. The Morgan fingerprint density at radius 2 is 1.75 bits per heavy atom. The second-order valence-corrected chi connectivity index (χ2v) is 5.11. The van der Waals surface area contributed by atoms with Gasteiger partial charge in [-0.05, 0) is 62.2 Å². The summed E-state index contributed by atoms with van der Waals surface area (Å²) >= 11 is 5.94. The molecule has 0 spiro atoms. The molecule has 0 aliphatic rings. The topological polar surface area (TPSA) is 26.3 Å². The predicted octanol–water partition coefficient (Wildman–Crippen LogP) is 5.09. The van der Waals surface area contributed by atoms with Crippen molar-refractivity contribution in [3.05, 3.63) is 57.9 Å². The number of Topliss-reactive ketones (excluding diaryl/α,β-unsaturated/α-hetero) is 1. The summed E-state index contributed by atoms with van der Waals surface area (Å²) in [5, 5.41) is 0.611. The number of rotatable bonds is 3. The highest BCUT2D eigenvalue weighted by molar-refractivity contribution is 6.30. The van der Waals surface area contributed by atoms with Crippen molar-refractivity contribution in [1.82, 2.24) is 0 Å². The van der Waals surface area contributed by atoms with Crippen molar-refractivity contribution in [3.8, 4) is 11.5 Å². The second kappa shape index (κ2) is 5.63. The van der Waals surface area contributed by atoms with Crippen LogP contribution in [0.3, 0.4) is 0 Å². The highest BCUT2D eigenvalue weighted by Crippen LogP contribution is 2.32. The van der Waals surface area contributed by atoms with E-state index in [4.69, 9.17) is 16.3 Å². The summed E-state index contributed by atoms with van der Waals surface area (Å²) in [7, 11) is 0. The molecule has 0 fully saturated rings. The zero-order valence-electron chi connectivity index (χ0n) is 11.5. The quantitative estimate of drug-likeness (QED) is 0.736. The van der Waals surface area contributed by atoms with Crippen LogP contribution >= 0.6 is 11.6 Å². The van der Waals surface area contributed by atoms with E-state index in [0.717, 1.165) is 11.1 Å². The number of hydrogen-bond acceptors (Lipinski definition) is 2. The minimum absolute atomic E-state index is 0.0866. The van der Waals surface area contributed by atoms with Gasteiger partial charge in [0.25, 0.3) is 0 Å². The smallest absolute Gasteiger partial charge is 0.166 e. The molecule has 20 heavy (non-hydrogen) atoms. The largest absolute Gasteiger partial charge is 0.454 e. The van der Waals surface area contributed by atoms with E-state index >= 15 is 0 Å². The zero-order chi connectivity index (χ0) is 14.9. The van der Waals surface area contributed by atoms with Gasteiger partial charge in [0, 0.05) is 10.6 Å². The fourth-order valence-electron chi connectivity index (χ4n) is 1.97. The van der Waals surface area contributed by atoms with E-state index in [9.17, 15) is 9.18 Å². The Morgan fingerprint density at radius 3 is 2.25 bits per heavy atom. The number of ether oxygens (including phenoxy) is 1. The summed E-state index contributed by atoms with van der Waals surface area (Å²) in [6.07, 6.45) is 0. The van der Waals surface area contributed by atoms with Crippen LogP contribution in [0.2, 0.25) is 5.02 Å². The van der Waals surface area contributed by atoms with Gasteiger partial charge in [0.2, 0.25) is 0 Å². The van der Waals surface area contributed by atoms with Crippen LogP contribution < -0.4 is 4.74 Å². The van der Waals surface area contributed by atoms with Gasteiger partial charge in [-0.3, -0.25) is 4.79 Å². The van der Waals surface area contributed by atoms with E-state index < -0.39 is 5.82 Å². The lowest BCUT2D eigenvalue weighted by atomic mass is 10.1. The van der Waals surface area contributed by atoms with Gasteiger partial charge >= 0.3 is 0 Å². The van der Waals surface area contributed by atoms with E-state index in [1.807, 2.05) is 13.8 Å². The average Bonchev–Trinajstić information content (AvgIpc) is 2.34. The molecule has 0 saturated carbocycles. The fraction of sp³-hybridized carbons (Fsp3) is 0.188. The molecule has 0 atom stereocenters. The number of aryl methyl sites for hydroxylation is 2. The zero-order valence-corrected chi connectivity index (χ0v) is 12.2. The van der Waals surface area contributed by atoms with E-state index in [1.165, 1.54) is 19.1 Å². The predicted molar refractivity (Wildman–Crippen MR) is 77.4 cm³/mol. The molecule has 0 radical (unpaired) electrons. The molecule has 2 nitrogen and oxygen atoms in total. The Labute approximate surface area is 122 Å². The van der Waals surface area contributed by atoms with Crippen molar-refractivity contribution >= 4 is 17.4 Å². The molecule has 0 amide bonds. The van der Waals surface area contributed by atoms with Crippen LogP contribution in [0.5, 0.6) is 11.5 Å². The molecule has 2 rings (SSSR count). The molecule has 104 valence electrons. The maximum atomic E-state index is 13.9.